The molecule has 0 saturated carbocycles. The Bertz CT molecular complexity index is 775. The topological polar surface area (TPSA) is 49.4 Å². The van der Waals surface area contributed by atoms with Gasteiger partial charge in [0.1, 0.15) is 11.9 Å². The molecule has 0 heterocycles. The second kappa shape index (κ2) is 11.3. The molecule has 0 bridgehead atoms. The van der Waals surface area contributed by atoms with Crippen LogP contribution in [-0.2, 0) is 22.4 Å². The van der Waals surface area contributed by atoms with Gasteiger partial charge < -0.3 is 10.2 Å². The molecule has 1 N–H and O–H groups in total. The number of carbonyl (C=O) groups is 2. The molecule has 0 unspecified atom stereocenters. The summed E-state index contributed by atoms with van der Waals surface area (Å²) in [7, 11) is 0. The molecular weight excluding hydrogens is 367 g/mol. The highest BCUT2D eigenvalue weighted by Crippen LogP contribution is 2.13. The smallest absolute Gasteiger partial charge is 0.242 e. The molecule has 2 rings (SSSR count). The van der Waals surface area contributed by atoms with Crippen molar-refractivity contribution in [3.63, 3.8) is 0 Å². The van der Waals surface area contributed by atoms with Crippen LogP contribution >= 0.6 is 0 Å². The third kappa shape index (κ3) is 7.33. The van der Waals surface area contributed by atoms with Crippen molar-refractivity contribution in [2.45, 2.75) is 46.1 Å². The summed E-state index contributed by atoms with van der Waals surface area (Å²) in [6, 6.07) is 15.3. The minimum atomic E-state index is -0.523. The first-order chi connectivity index (χ1) is 13.9. The first-order valence-corrected chi connectivity index (χ1v) is 10.3. The van der Waals surface area contributed by atoms with E-state index in [1.807, 2.05) is 51.1 Å². The van der Waals surface area contributed by atoms with E-state index >= 15 is 0 Å². The Kier molecular flexibility index (Phi) is 8.84. The summed E-state index contributed by atoms with van der Waals surface area (Å²) in [5.74, 6) is -0.244. The highest BCUT2D eigenvalue weighted by Gasteiger charge is 2.28. The van der Waals surface area contributed by atoms with Gasteiger partial charge in [-0.25, -0.2) is 4.39 Å². The van der Waals surface area contributed by atoms with Gasteiger partial charge >= 0.3 is 0 Å². The molecule has 0 spiro atoms. The van der Waals surface area contributed by atoms with Gasteiger partial charge in [0, 0.05) is 13.1 Å². The number of amides is 2. The van der Waals surface area contributed by atoms with Crippen molar-refractivity contribution in [2.24, 2.45) is 5.92 Å². The SMILES string of the molecule is CC[C@H](C(=O)NCC(C)C)N(CCc1ccccc1)C(=O)Cc1ccc(F)cc1. The zero-order chi connectivity index (χ0) is 21.2. The Morgan fingerprint density at radius 2 is 1.66 bits per heavy atom. The highest BCUT2D eigenvalue weighted by molar-refractivity contribution is 5.88. The van der Waals surface area contributed by atoms with Crippen LogP contribution in [0.1, 0.15) is 38.3 Å². The van der Waals surface area contributed by atoms with Crippen molar-refractivity contribution in [3.05, 3.63) is 71.5 Å². The third-order valence-corrected chi connectivity index (χ3v) is 4.82. The molecule has 5 heteroatoms. The fourth-order valence-electron chi connectivity index (χ4n) is 3.20. The molecule has 4 nitrogen and oxygen atoms in total. The first kappa shape index (κ1) is 22.6. The van der Waals surface area contributed by atoms with Gasteiger partial charge in [0.15, 0.2) is 0 Å². The normalized spacial score (nSPS) is 11.9. The van der Waals surface area contributed by atoms with Gasteiger partial charge in [-0.2, -0.15) is 0 Å². The molecule has 1 atom stereocenters. The summed E-state index contributed by atoms with van der Waals surface area (Å²) >= 11 is 0. The van der Waals surface area contributed by atoms with Gasteiger partial charge in [-0.15, -0.1) is 0 Å². The van der Waals surface area contributed by atoms with Crippen molar-refractivity contribution in [2.75, 3.05) is 13.1 Å². The van der Waals surface area contributed by atoms with Gasteiger partial charge in [0.2, 0.25) is 11.8 Å². The van der Waals surface area contributed by atoms with Crippen LogP contribution in [0.2, 0.25) is 0 Å². The second-order valence-electron chi connectivity index (χ2n) is 7.69. The summed E-state index contributed by atoms with van der Waals surface area (Å²) < 4.78 is 13.2. The second-order valence-corrected chi connectivity index (χ2v) is 7.69. The molecule has 29 heavy (non-hydrogen) atoms. The molecule has 0 saturated heterocycles. The average Bonchev–Trinajstić information content (AvgIpc) is 2.71. The summed E-state index contributed by atoms with van der Waals surface area (Å²) in [5.41, 5.74) is 1.85. The molecule has 0 fully saturated rings. The standard InChI is InChI=1S/C24H31FN2O2/c1-4-22(24(29)26-17-18(2)3)27(15-14-19-8-6-5-7-9-19)23(28)16-20-10-12-21(25)13-11-20/h5-13,18,22H,4,14-17H2,1-3H3,(H,26,29)/t22-/m1/s1. The number of benzene rings is 2. The van der Waals surface area contributed by atoms with E-state index in [1.165, 1.54) is 12.1 Å². The van der Waals surface area contributed by atoms with E-state index in [0.29, 0.717) is 31.8 Å². The number of nitrogens with one attached hydrogen (secondary N) is 1. The third-order valence-electron chi connectivity index (χ3n) is 4.82. The van der Waals surface area contributed by atoms with E-state index < -0.39 is 6.04 Å². The van der Waals surface area contributed by atoms with Crippen LogP contribution in [0.25, 0.3) is 0 Å². The van der Waals surface area contributed by atoms with Crippen LogP contribution in [0.15, 0.2) is 54.6 Å². The number of hydrogen-bond donors (Lipinski definition) is 1. The Morgan fingerprint density at radius 1 is 1.00 bits per heavy atom. The summed E-state index contributed by atoms with van der Waals surface area (Å²) in [4.78, 5) is 27.6. The van der Waals surface area contributed by atoms with E-state index in [0.717, 1.165) is 11.1 Å². The minimum Gasteiger partial charge on any atom is -0.354 e. The zero-order valence-corrected chi connectivity index (χ0v) is 17.5. The number of halogens is 1. The highest BCUT2D eigenvalue weighted by atomic mass is 19.1. The zero-order valence-electron chi connectivity index (χ0n) is 17.5. The largest absolute Gasteiger partial charge is 0.354 e. The predicted octanol–water partition coefficient (Wildman–Crippen LogP) is 3.99. The van der Waals surface area contributed by atoms with Gasteiger partial charge in [0.05, 0.1) is 6.42 Å². The van der Waals surface area contributed by atoms with Crippen molar-refractivity contribution in [3.8, 4) is 0 Å². The maximum atomic E-state index is 13.2. The van der Waals surface area contributed by atoms with Crippen LogP contribution in [0, 0.1) is 11.7 Å². The van der Waals surface area contributed by atoms with Crippen molar-refractivity contribution in [1.29, 1.82) is 0 Å². The molecule has 156 valence electrons. The lowest BCUT2D eigenvalue weighted by Gasteiger charge is -2.31. The molecule has 2 aromatic rings. The predicted molar refractivity (Wildman–Crippen MR) is 114 cm³/mol. The lowest BCUT2D eigenvalue weighted by atomic mass is 10.1. The van der Waals surface area contributed by atoms with Crippen molar-refractivity contribution in [1.82, 2.24) is 10.2 Å². The van der Waals surface area contributed by atoms with Gasteiger partial charge in [-0.1, -0.05) is 63.2 Å². The minimum absolute atomic E-state index is 0.123. The molecule has 0 aromatic heterocycles. The molecule has 2 aromatic carbocycles. The average molecular weight is 399 g/mol. The number of rotatable bonds is 10. The van der Waals surface area contributed by atoms with Gasteiger partial charge in [-0.05, 0) is 42.0 Å². The van der Waals surface area contributed by atoms with Crippen LogP contribution < -0.4 is 5.32 Å². The van der Waals surface area contributed by atoms with Crippen molar-refractivity contribution >= 4 is 11.8 Å². The van der Waals surface area contributed by atoms with E-state index in [4.69, 9.17) is 0 Å². The Balaban J connectivity index is 2.16. The fourth-order valence-corrected chi connectivity index (χ4v) is 3.20. The van der Waals surface area contributed by atoms with Crippen LogP contribution in [-0.4, -0.2) is 35.8 Å². The summed E-state index contributed by atoms with van der Waals surface area (Å²) in [6.07, 6.45) is 1.35. The lowest BCUT2D eigenvalue weighted by Crippen LogP contribution is -2.51. The molecular formula is C24H31FN2O2. The molecule has 2 amide bonds. The van der Waals surface area contributed by atoms with Crippen LogP contribution in [0.5, 0.6) is 0 Å². The van der Waals surface area contributed by atoms with Crippen LogP contribution in [0.3, 0.4) is 0 Å². The van der Waals surface area contributed by atoms with E-state index in [1.54, 1.807) is 17.0 Å². The fraction of sp³-hybridized carbons (Fsp3) is 0.417. The van der Waals surface area contributed by atoms with Gasteiger partial charge in [-0.3, -0.25) is 9.59 Å². The van der Waals surface area contributed by atoms with E-state index in [9.17, 15) is 14.0 Å². The number of carbonyl (C=O) groups excluding carboxylic acids is 2. The maximum Gasteiger partial charge on any atom is 0.242 e. The van der Waals surface area contributed by atoms with Crippen molar-refractivity contribution < 1.29 is 14.0 Å². The molecule has 0 aliphatic heterocycles. The Morgan fingerprint density at radius 3 is 2.24 bits per heavy atom. The molecule has 0 aliphatic rings. The monoisotopic (exact) mass is 398 g/mol. The Hall–Kier alpha value is -2.69. The summed E-state index contributed by atoms with van der Waals surface area (Å²) in [6.45, 7) is 7.02. The van der Waals surface area contributed by atoms with E-state index in [2.05, 4.69) is 5.32 Å². The van der Waals surface area contributed by atoms with Gasteiger partial charge in [0.25, 0.3) is 0 Å². The van der Waals surface area contributed by atoms with E-state index in [-0.39, 0.29) is 24.1 Å². The number of hydrogen-bond acceptors (Lipinski definition) is 2. The van der Waals surface area contributed by atoms with Crippen LogP contribution in [0.4, 0.5) is 4.39 Å². The molecule has 0 radical (unpaired) electrons. The summed E-state index contributed by atoms with van der Waals surface area (Å²) in [5, 5.41) is 2.96. The number of nitrogens with zero attached hydrogens (tertiary/aromatic N) is 1. The first-order valence-electron chi connectivity index (χ1n) is 10.3. The maximum absolute atomic E-state index is 13.2. The molecule has 0 aliphatic carbocycles. The quantitative estimate of drug-likeness (QED) is 0.658. The Labute approximate surface area is 173 Å². The lowest BCUT2D eigenvalue weighted by molar-refractivity contribution is -0.140.